The lowest BCUT2D eigenvalue weighted by atomic mass is 10.4. The highest BCUT2D eigenvalue weighted by Crippen LogP contribution is 1.85. The molecule has 0 aliphatic heterocycles. The summed E-state index contributed by atoms with van der Waals surface area (Å²) >= 11 is 0. The highest BCUT2D eigenvalue weighted by Gasteiger charge is 1.79. The van der Waals surface area contributed by atoms with Crippen molar-refractivity contribution in [3.05, 3.63) is 12.2 Å². The van der Waals surface area contributed by atoms with Crippen LogP contribution in [-0.4, -0.2) is 6.61 Å². The van der Waals surface area contributed by atoms with Gasteiger partial charge in [0.25, 0.3) is 0 Å². The molecule has 0 aliphatic rings. The van der Waals surface area contributed by atoms with Gasteiger partial charge in [0.05, 0.1) is 0 Å². The third-order valence-corrected chi connectivity index (χ3v) is 0.301. The van der Waals surface area contributed by atoms with Gasteiger partial charge in [-0.1, -0.05) is 12.2 Å². The van der Waals surface area contributed by atoms with Crippen LogP contribution in [0.5, 0.6) is 0 Å². The monoisotopic (exact) mass is 90.0 g/mol. The van der Waals surface area contributed by atoms with Crippen LogP contribution < -0.4 is 0 Å². The zero-order valence-electron chi connectivity index (χ0n) is 3.70. The normalized spacial score (nSPS) is 8.33. The van der Waals surface area contributed by atoms with Crippen molar-refractivity contribution in [3.8, 4) is 0 Å². The fraction of sp³-hybridized carbons (Fsp3) is 0.500. The van der Waals surface area contributed by atoms with Gasteiger partial charge in [-0.3, -0.25) is 0 Å². The first-order chi connectivity index (χ1) is 2.77. The molecular formula is C4H7FO. The molecule has 0 aromatic carbocycles. The maximum absolute atomic E-state index is 10.7. The molecule has 0 rings (SSSR count). The largest absolute Gasteiger partial charge is 0.190 e. The van der Waals surface area contributed by atoms with Crippen molar-refractivity contribution in [1.29, 1.82) is 0 Å². The van der Waals surface area contributed by atoms with Gasteiger partial charge in [0, 0.05) is 0 Å². The molecule has 0 heterocycles. The summed E-state index contributed by atoms with van der Waals surface area (Å²) in [6.45, 7) is 5.09. The van der Waals surface area contributed by atoms with E-state index in [1.54, 1.807) is 6.92 Å². The second kappa shape index (κ2) is 2.85. The van der Waals surface area contributed by atoms with Gasteiger partial charge < -0.3 is 0 Å². The van der Waals surface area contributed by atoms with Crippen LogP contribution in [0.3, 0.4) is 0 Å². The molecule has 0 aromatic heterocycles. The molecule has 0 atom stereocenters. The summed E-state index contributed by atoms with van der Waals surface area (Å²) in [6.07, 6.45) is 0. The molecule has 0 fully saturated rings. The molecule has 36 valence electrons. The SMILES string of the molecule is C=C(C)COF. The molecule has 0 saturated carbocycles. The summed E-state index contributed by atoms with van der Waals surface area (Å²) in [5, 5.41) is 0. The average molecular weight is 90.1 g/mol. The van der Waals surface area contributed by atoms with Crippen molar-refractivity contribution in [2.24, 2.45) is 0 Å². The van der Waals surface area contributed by atoms with E-state index in [1.165, 1.54) is 0 Å². The zero-order valence-corrected chi connectivity index (χ0v) is 3.70. The Kier molecular flexibility index (Phi) is 2.67. The molecule has 0 aliphatic carbocycles. The number of hydrogen-bond acceptors (Lipinski definition) is 1. The molecular weight excluding hydrogens is 83.0 g/mol. The fourth-order valence-electron chi connectivity index (χ4n) is 0.0931. The van der Waals surface area contributed by atoms with E-state index < -0.39 is 0 Å². The van der Waals surface area contributed by atoms with E-state index in [0.717, 1.165) is 0 Å². The predicted molar refractivity (Wildman–Crippen MR) is 21.9 cm³/mol. The fourth-order valence-corrected chi connectivity index (χ4v) is 0.0931. The molecule has 0 bridgehead atoms. The van der Waals surface area contributed by atoms with Crippen LogP contribution in [0.25, 0.3) is 0 Å². The Morgan fingerprint density at radius 2 is 2.50 bits per heavy atom. The Morgan fingerprint density at radius 3 is 2.50 bits per heavy atom. The zero-order chi connectivity index (χ0) is 4.99. The van der Waals surface area contributed by atoms with E-state index in [-0.39, 0.29) is 6.61 Å². The van der Waals surface area contributed by atoms with Crippen LogP contribution in [0.4, 0.5) is 4.53 Å². The van der Waals surface area contributed by atoms with E-state index in [0.29, 0.717) is 5.57 Å². The van der Waals surface area contributed by atoms with Gasteiger partial charge in [-0.05, 0) is 11.4 Å². The smallest absolute Gasteiger partial charge is 0.108 e. The van der Waals surface area contributed by atoms with Gasteiger partial charge in [-0.25, -0.2) is 0 Å². The Labute approximate surface area is 36.3 Å². The summed E-state index contributed by atoms with van der Waals surface area (Å²) in [4.78, 5) is 3.20. The van der Waals surface area contributed by atoms with Crippen molar-refractivity contribution in [1.82, 2.24) is 0 Å². The van der Waals surface area contributed by atoms with Crippen LogP contribution in [0.15, 0.2) is 12.2 Å². The lowest BCUT2D eigenvalue weighted by molar-refractivity contribution is -0.120. The Bertz CT molecular complexity index is 51.5. The summed E-state index contributed by atoms with van der Waals surface area (Å²) in [5.74, 6) is 0. The van der Waals surface area contributed by atoms with Gasteiger partial charge in [0.15, 0.2) is 0 Å². The van der Waals surface area contributed by atoms with Gasteiger partial charge in [-0.2, -0.15) is 4.94 Å². The van der Waals surface area contributed by atoms with Crippen LogP contribution >= 0.6 is 0 Å². The first-order valence-corrected chi connectivity index (χ1v) is 1.65. The standard InChI is InChI=1S/C4H7FO/c1-4(2)3-6-5/h1,3H2,2H3. The highest BCUT2D eigenvalue weighted by molar-refractivity contribution is 4.86. The minimum Gasteiger partial charge on any atom is -0.190 e. The van der Waals surface area contributed by atoms with E-state index in [1.807, 2.05) is 0 Å². The lowest BCUT2D eigenvalue weighted by Crippen LogP contribution is -1.81. The molecule has 1 nitrogen and oxygen atoms in total. The maximum atomic E-state index is 10.7. The van der Waals surface area contributed by atoms with Crippen molar-refractivity contribution in [3.63, 3.8) is 0 Å². The second-order valence-corrected chi connectivity index (χ2v) is 1.21. The highest BCUT2D eigenvalue weighted by atomic mass is 19.3. The molecule has 0 spiro atoms. The Morgan fingerprint density at radius 1 is 2.00 bits per heavy atom. The summed E-state index contributed by atoms with van der Waals surface area (Å²) in [5.41, 5.74) is 0.692. The third kappa shape index (κ3) is 3.63. The van der Waals surface area contributed by atoms with Crippen LogP contribution in [-0.2, 0) is 4.94 Å². The Hall–Kier alpha value is -0.370. The van der Waals surface area contributed by atoms with Crippen LogP contribution in [0, 0.1) is 0 Å². The third-order valence-electron chi connectivity index (χ3n) is 0.301. The van der Waals surface area contributed by atoms with Gasteiger partial charge in [0.1, 0.15) is 6.61 Å². The average Bonchev–Trinajstić information content (AvgIpc) is 1.35. The molecule has 6 heavy (non-hydrogen) atoms. The number of halogens is 1. The second-order valence-electron chi connectivity index (χ2n) is 1.21. The number of rotatable bonds is 2. The molecule has 0 saturated heterocycles. The first kappa shape index (κ1) is 5.63. The molecule has 0 unspecified atom stereocenters. The van der Waals surface area contributed by atoms with E-state index >= 15 is 0 Å². The minimum atomic E-state index is 0.0139. The number of hydrogen-bond donors (Lipinski definition) is 0. The van der Waals surface area contributed by atoms with Crippen molar-refractivity contribution in [2.75, 3.05) is 6.61 Å². The molecule has 0 N–H and O–H groups in total. The van der Waals surface area contributed by atoms with Crippen molar-refractivity contribution >= 4 is 0 Å². The van der Waals surface area contributed by atoms with E-state index in [2.05, 4.69) is 11.5 Å². The lowest BCUT2D eigenvalue weighted by Gasteiger charge is -1.85. The topological polar surface area (TPSA) is 9.23 Å². The maximum Gasteiger partial charge on any atom is 0.108 e. The van der Waals surface area contributed by atoms with Gasteiger partial charge in [0.2, 0.25) is 0 Å². The van der Waals surface area contributed by atoms with E-state index in [9.17, 15) is 4.53 Å². The van der Waals surface area contributed by atoms with Crippen molar-refractivity contribution < 1.29 is 9.47 Å². The molecule has 0 aromatic rings. The molecule has 0 amide bonds. The summed E-state index contributed by atoms with van der Waals surface area (Å²) in [7, 11) is 0. The summed E-state index contributed by atoms with van der Waals surface area (Å²) < 4.78 is 10.7. The molecule has 0 radical (unpaired) electrons. The quantitative estimate of drug-likeness (QED) is 0.466. The van der Waals surface area contributed by atoms with E-state index in [4.69, 9.17) is 0 Å². The molecule has 2 heteroatoms. The Balaban J connectivity index is 2.83. The first-order valence-electron chi connectivity index (χ1n) is 1.65. The minimum absolute atomic E-state index is 0.0139. The van der Waals surface area contributed by atoms with Gasteiger partial charge >= 0.3 is 0 Å². The summed E-state index contributed by atoms with van der Waals surface area (Å²) in [6, 6.07) is 0. The predicted octanol–water partition coefficient (Wildman–Crippen LogP) is 1.46. The van der Waals surface area contributed by atoms with Crippen LogP contribution in [0.1, 0.15) is 6.92 Å². The van der Waals surface area contributed by atoms with Crippen LogP contribution in [0.2, 0.25) is 0 Å². The van der Waals surface area contributed by atoms with Crippen molar-refractivity contribution in [2.45, 2.75) is 6.92 Å². The van der Waals surface area contributed by atoms with Gasteiger partial charge in [-0.15, -0.1) is 0 Å².